The summed E-state index contributed by atoms with van der Waals surface area (Å²) in [7, 11) is 0. The largest absolute Gasteiger partial charge is 0.510 e. The van der Waals surface area contributed by atoms with Crippen molar-refractivity contribution < 1.29 is 23.0 Å². The van der Waals surface area contributed by atoms with Crippen molar-refractivity contribution in [1.29, 1.82) is 0 Å². The Bertz CT molecular complexity index is 282. The van der Waals surface area contributed by atoms with Gasteiger partial charge in [-0.1, -0.05) is 11.8 Å². The average molecular weight is 230 g/mol. The van der Waals surface area contributed by atoms with Gasteiger partial charge >= 0.3 is 6.16 Å². The van der Waals surface area contributed by atoms with Crippen LogP contribution in [0, 0.1) is 24.7 Å². The SMILES string of the molecule is C#CC(OC(=O)OC(C#C)C(C)F)C(C)F. The van der Waals surface area contributed by atoms with Crippen LogP contribution in [0.15, 0.2) is 0 Å². The molecular formula is C11H12F2O3. The molecule has 0 aromatic heterocycles. The molecule has 0 radical (unpaired) electrons. The van der Waals surface area contributed by atoms with Gasteiger partial charge in [-0.15, -0.1) is 12.8 Å². The van der Waals surface area contributed by atoms with Crippen LogP contribution in [0.3, 0.4) is 0 Å². The molecule has 0 amide bonds. The molecule has 3 nitrogen and oxygen atoms in total. The van der Waals surface area contributed by atoms with Gasteiger partial charge in [-0.05, 0) is 13.8 Å². The normalized spacial score (nSPS) is 17.1. The van der Waals surface area contributed by atoms with Gasteiger partial charge in [-0.2, -0.15) is 0 Å². The molecule has 4 unspecified atom stereocenters. The lowest BCUT2D eigenvalue weighted by Gasteiger charge is -2.16. The molecule has 4 atom stereocenters. The van der Waals surface area contributed by atoms with Crippen molar-refractivity contribution in [3.05, 3.63) is 0 Å². The second-order valence-corrected chi connectivity index (χ2v) is 3.02. The number of rotatable bonds is 4. The van der Waals surface area contributed by atoms with Crippen LogP contribution in [0.4, 0.5) is 13.6 Å². The van der Waals surface area contributed by atoms with Crippen molar-refractivity contribution in [2.24, 2.45) is 0 Å². The number of alkyl halides is 2. The van der Waals surface area contributed by atoms with Crippen LogP contribution in [0.25, 0.3) is 0 Å². The highest BCUT2D eigenvalue weighted by molar-refractivity contribution is 5.61. The van der Waals surface area contributed by atoms with E-state index in [1.54, 1.807) is 0 Å². The first kappa shape index (κ1) is 14.2. The summed E-state index contributed by atoms with van der Waals surface area (Å²) in [6, 6.07) is 0. The van der Waals surface area contributed by atoms with Gasteiger partial charge in [-0.3, -0.25) is 0 Å². The number of hydrogen-bond acceptors (Lipinski definition) is 3. The zero-order valence-corrected chi connectivity index (χ0v) is 8.94. The summed E-state index contributed by atoms with van der Waals surface area (Å²) in [5, 5.41) is 0. The lowest BCUT2D eigenvalue weighted by Crippen LogP contribution is -2.30. The average Bonchev–Trinajstić information content (AvgIpc) is 2.21. The second-order valence-electron chi connectivity index (χ2n) is 3.02. The molecular weight excluding hydrogens is 218 g/mol. The van der Waals surface area contributed by atoms with Gasteiger partial charge in [0.15, 0.2) is 12.2 Å². The number of halogens is 2. The molecule has 0 spiro atoms. The monoisotopic (exact) mass is 230 g/mol. The smallest absolute Gasteiger partial charge is 0.415 e. The molecule has 0 rings (SSSR count). The minimum atomic E-state index is -1.55. The van der Waals surface area contributed by atoms with Gasteiger partial charge in [-0.25, -0.2) is 13.6 Å². The van der Waals surface area contributed by atoms with Gasteiger partial charge < -0.3 is 9.47 Å². The molecule has 5 heteroatoms. The molecule has 0 aromatic rings. The van der Waals surface area contributed by atoms with E-state index in [-0.39, 0.29) is 0 Å². The van der Waals surface area contributed by atoms with Crippen LogP contribution in [0.1, 0.15) is 13.8 Å². The number of hydrogen-bond donors (Lipinski definition) is 0. The Morgan fingerprint density at radius 2 is 1.38 bits per heavy atom. The fourth-order valence-corrected chi connectivity index (χ4v) is 0.756. The molecule has 0 heterocycles. The lowest BCUT2D eigenvalue weighted by atomic mass is 10.2. The van der Waals surface area contributed by atoms with E-state index < -0.39 is 30.7 Å². The Morgan fingerprint density at radius 3 is 1.56 bits per heavy atom. The van der Waals surface area contributed by atoms with Crippen molar-refractivity contribution in [2.75, 3.05) is 0 Å². The molecule has 88 valence electrons. The van der Waals surface area contributed by atoms with Crippen molar-refractivity contribution >= 4 is 6.16 Å². The predicted octanol–water partition coefficient (Wildman–Crippen LogP) is 1.86. The van der Waals surface area contributed by atoms with Crippen LogP contribution >= 0.6 is 0 Å². The minimum Gasteiger partial charge on any atom is -0.415 e. The standard InChI is InChI=1S/C11H12F2O3/c1-5-9(7(3)12)15-11(14)16-10(6-2)8(4)13/h1-2,7-10H,3-4H3. The summed E-state index contributed by atoms with van der Waals surface area (Å²) in [5.74, 6) is 3.82. The topological polar surface area (TPSA) is 35.5 Å². The van der Waals surface area contributed by atoms with E-state index in [9.17, 15) is 13.6 Å². The molecule has 16 heavy (non-hydrogen) atoms. The van der Waals surface area contributed by atoms with E-state index in [0.29, 0.717) is 0 Å². The van der Waals surface area contributed by atoms with Crippen molar-refractivity contribution in [2.45, 2.75) is 38.4 Å². The van der Waals surface area contributed by atoms with Gasteiger partial charge in [0.1, 0.15) is 12.3 Å². The van der Waals surface area contributed by atoms with Crippen LogP contribution in [0.5, 0.6) is 0 Å². The number of ether oxygens (including phenoxy) is 2. The third kappa shape index (κ3) is 4.65. The summed E-state index contributed by atoms with van der Waals surface area (Å²) >= 11 is 0. The van der Waals surface area contributed by atoms with E-state index in [1.807, 2.05) is 11.8 Å². The summed E-state index contributed by atoms with van der Waals surface area (Å²) in [6.07, 6.45) is 2.67. The summed E-state index contributed by atoms with van der Waals surface area (Å²) in [6.45, 7) is 2.24. The quantitative estimate of drug-likeness (QED) is 0.546. The van der Waals surface area contributed by atoms with Crippen LogP contribution in [0.2, 0.25) is 0 Å². The highest BCUT2D eigenvalue weighted by Gasteiger charge is 2.24. The van der Waals surface area contributed by atoms with Gasteiger partial charge in [0.2, 0.25) is 0 Å². The summed E-state index contributed by atoms with van der Waals surface area (Å²) in [5.41, 5.74) is 0. The predicted molar refractivity (Wildman–Crippen MR) is 53.9 cm³/mol. The van der Waals surface area contributed by atoms with Crippen molar-refractivity contribution in [1.82, 2.24) is 0 Å². The van der Waals surface area contributed by atoms with Gasteiger partial charge in [0.05, 0.1) is 0 Å². The second kappa shape index (κ2) is 6.68. The Balaban J connectivity index is 4.29. The number of terminal acetylenes is 2. The van der Waals surface area contributed by atoms with Crippen LogP contribution in [-0.4, -0.2) is 30.7 Å². The molecule has 0 fully saturated rings. The van der Waals surface area contributed by atoms with Gasteiger partial charge in [0, 0.05) is 0 Å². The molecule has 0 aliphatic rings. The van der Waals surface area contributed by atoms with E-state index in [0.717, 1.165) is 13.8 Å². The molecule has 0 aromatic carbocycles. The van der Waals surface area contributed by atoms with Gasteiger partial charge in [0.25, 0.3) is 0 Å². The van der Waals surface area contributed by atoms with Crippen LogP contribution < -0.4 is 0 Å². The number of carbonyl (C=O) groups is 1. The molecule has 0 saturated carbocycles. The highest BCUT2D eigenvalue weighted by Crippen LogP contribution is 2.08. The molecule has 0 N–H and O–H groups in total. The first-order valence-electron chi connectivity index (χ1n) is 4.50. The fraction of sp³-hybridized carbons (Fsp3) is 0.545. The summed E-state index contributed by atoms with van der Waals surface area (Å²) < 4.78 is 34.2. The maximum Gasteiger partial charge on any atom is 0.510 e. The van der Waals surface area contributed by atoms with E-state index in [4.69, 9.17) is 12.8 Å². The van der Waals surface area contributed by atoms with E-state index in [1.165, 1.54) is 0 Å². The first-order valence-corrected chi connectivity index (χ1v) is 4.50. The lowest BCUT2D eigenvalue weighted by molar-refractivity contribution is -0.00694. The van der Waals surface area contributed by atoms with Crippen molar-refractivity contribution in [3.8, 4) is 24.7 Å². The fourth-order valence-electron chi connectivity index (χ4n) is 0.756. The number of carbonyl (C=O) groups excluding carboxylic acids is 1. The first-order chi connectivity index (χ1) is 7.42. The zero-order valence-electron chi connectivity index (χ0n) is 8.94. The molecule has 0 aliphatic heterocycles. The summed E-state index contributed by atoms with van der Waals surface area (Å²) in [4.78, 5) is 11.0. The highest BCUT2D eigenvalue weighted by atomic mass is 19.1. The van der Waals surface area contributed by atoms with Crippen LogP contribution in [-0.2, 0) is 9.47 Å². The zero-order chi connectivity index (χ0) is 12.7. The maximum atomic E-state index is 12.7. The molecule has 0 saturated heterocycles. The third-order valence-electron chi connectivity index (χ3n) is 1.61. The maximum absolute atomic E-state index is 12.7. The van der Waals surface area contributed by atoms with E-state index >= 15 is 0 Å². The van der Waals surface area contributed by atoms with E-state index in [2.05, 4.69) is 9.47 Å². The molecule has 0 aliphatic carbocycles. The third-order valence-corrected chi connectivity index (χ3v) is 1.61. The Hall–Kier alpha value is -1.75. The Morgan fingerprint density at radius 1 is 1.06 bits per heavy atom. The Kier molecular flexibility index (Phi) is 5.95. The Labute approximate surface area is 93.1 Å². The molecule has 0 bridgehead atoms. The van der Waals surface area contributed by atoms with Crippen molar-refractivity contribution in [3.63, 3.8) is 0 Å². The minimum absolute atomic E-state index is 1.12.